The zero-order chi connectivity index (χ0) is 22.9. The first kappa shape index (κ1) is 25.7. The van der Waals surface area contributed by atoms with Crippen molar-refractivity contribution in [2.24, 2.45) is 0 Å². The quantitative estimate of drug-likeness (QED) is 0.607. The molecule has 172 valence electrons. The SMILES string of the molecule is O=C(O)C(F)(F)F.O=C(O)C(F)(F)F.c1nn(CCN2CCCC2)c2c1CNCC2. The molecule has 0 aromatic carbocycles. The Balaban J connectivity index is 0.000000271. The van der Waals surface area contributed by atoms with Crippen molar-refractivity contribution in [1.29, 1.82) is 0 Å². The zero-order valence-corrected chi connectivity index (χ0v) is 15.8. The van der Waals surface area contributed by atoms with Gasteiger partial charge in [-0.1, -0.05) is 0 Å². The Morgan fingerprint density at radius 2 is 1.50 bits per heavy atom. The summed E-state index contributed by atoms with van der Waals surface area (Å²) in [7, 11) is 0. The molecular formula is C16H22F6N4O4. The first-order valence-electron chi connectivity index (χ1n) is 8.89. The monoisotopic (exact) mass is 448 g/mol. The Hall–Kier alpha value is -2.35. The standard InChI is InChI=1S/C12H20N4.2C2HF3O2/c1-2-6-15(5-1)7-8-16-12-3-4-13-9-11(12)10-14-16;2*3-2(4,5)1(6)7/h10,13H,1-9H2;2*(H,6,7). The van der Waals surface area contributed by atoms with E-state index in [1.807, 2.05) is 6.20 Å². The molecule has 8 nitrogen and oxygen atoms in total. The second kappa shape index (κ2) is 11.2. The van der Waals surface area contributed by atoms with Gasteiger partial charge in [0.15, 0.2) is 0 Å². The number of hydrogen-bond donors (Lipinski definition) is 3. The van der Waals surface area contributed by atoms with E-state index in [1.54, 1.807) is 0 Å². The maximum Gasteiger partial charge on any atom is 0.490 e. The van der Waals surface area contributed by atoms with Gasteiger partial charge < -0.3 is 20.4 Å². The van der Waals surface area contributed by atoms with Crippen LogP contribution in [0.2, 0.25) is 0 Å². The highest BCUT2D eigenvalue weighted by Crippen LogP contribution is 2.15. The van der Waals surface area contributed by atoms with Crippen LogP contribution in [0.15, 0.2) is 6.20 Å². The van der Waals surface area contributed by atoms with Crippen LogP contribution in [0.3, 0.4) is 0 Å². The highest BCUT2D eigenvalue weighted by Gasteiger charge is 2.38. The Morgan fingerprint density at radius 1 is 1.00 bits per heavy atom. The van der Waals surface area contributed by atoms with Gasteiger partial charge in [0.05, 0.1) is 12.7 Å². The number of carboxylic acid groups (broad SMARTS) is 2. The predicted molar refractivity (Wildman–Crippen MR) is 90.7 cm³/mol. The largest absolute Gasteiger partial charge is 0.490 e. The van der Waals surface area contributed by atoms with Gasteiger partial charge in [-0.25, -0.2) is 9.59 Å². The van der Waals surface area contributed by atoms with E-state index in [2.05, 4.69) is 20.0 Å². The fourth-order valence-electron chi connectivity index (χ4n) is 2.75. The van der Waals surface area contributed by atoms with Crippen LogP contribution in [0.4, 0.5) is 26.3 Å². The average molecular weight is 448 g/mol. The summed E-state index contributed by atoms with van der Waals surface area (Å²) in [6, 6.07) is 0. The Labute approximate surface area is 167 Å². The van der Waals surface area contributed by atoms with Crippen molar-refractivity contribution in [1.82, 2.24) is 20.0 Å². The number of nitrogens with zero attached hydrogens (tertiary/aromatic N) is 3. The molecule has 1 aromatic rings. The summed E-state index contributed by atoms with van der Waals surface area (Å²) in [5.74, 6) is -5.51. The van der Waals surface area contributed by atoms with E-state index in [0.29, 0.717) is 0 Å². The molecule has 0 saturated carbocycles. The minimum atomic E-state index is -5.08. The second-order valence-electron chi connectivity index (χ2n) is 6.42. The Morgan fingerprint density at radius 3 is 1.97 bits per heavy atom. The summed E-state index contributed by atoms with van der Waals surface area (Å²) in [6.45, 7) is 6.90. The van der Waals surface area contributed by atoms with Gasteiger partial charge in [0.1, 0.15) is 0 Å². The van der Waals surface area contributed by atoms with Crippen LogP contribution in [-0.4, -0.2) is 75.4 Å². The molecule has 2 aliphatic rings. The van der Waals surface area contributed by atoms with E-state index in [9.17, 15) is 26.3 Å². The van der Waals surface area contributed by atoms with Crippen LogP contribution in [-0.2, 0) is 29.1 Å². The Bertz CT molecular complexity index is 675. The molecule has 14 heteroatoms. The van der Waals surface area contributed by atoms with Crippen LogP contribution >= 0.6 is 0 Å². The number of carbonyl (C=O) groups is 2. The van der Waals surface area contributed by atoms with Crippen LogP contribution in [0.5, 0.6) is 0 Å². The number of fused-ring (bicyclic) bond motifs is 1. The third-order valence-electron chi connectivity index (χ3n) is 4.20. The number of nitrogens with one attached hydrogen (secondary N) is 1. The molecule has 0 radical (unpaired) electrons. The van der Waals surface area contributed by atoms with Gasteiger partial charge in [0.2, 0.25) is 0 Å². The molecule has 0 atom stereocenters. The molecule has 0 amide bonds. The molecule has 3 N–H and O–H groups in total. The van der Waals surface area contributed by atoms with Crippen LogP contribution in [0.1, 0.15) is 24.1 Å². The fourth-order valence-corrected chi connectivity index (χ4v) is 2.75. The summed E-state index contributed by atoms with van der Waals surface area (Å²) in [4.78, 5) is 20.3. The summed E-state index contributed by atoms with van der Waals surface area (Å²) in [5.41, 5.74) is 2.85. The average Bonchev–Trinajstić information content (AvgIpc) is 3.29. The first-order chi connectivity index (χ1) is 13.8. The normalized spacial score (nSPS) is 16.6. The number of alkyl halides is 6. The molecule has 1 aromatic heterocycles. The van der Waals surface area contributed by atoms with E-state index in [0.717, 1.165) is 26.1 Å². The molecular weight excluding hydrogens is 426 g/mol. The molecule has 2 aliphatic heterocycles. The van der Waals surface area contributed by atoms with E-state index in [4.69, 9.17) is 19.8 Å². The zero-order valence-electron chi connectivity index (χ0n) is 15.8. The number of carboxylic acids is 2. The molecule has 0 unspecified atom stereocenters. The number of hydrogen-bond acceptors (Lipinski definition) is 5. The molecule has 3 rings (SSSR count). The minimum Gasteiger partial charge on any atom is -0.475 e. The molecule has 3 heterocycles. The van der Waals surface area contributed by atoms with E-state index >= 15 is 0 Å². The maximum absolute atomic E-state index is 10.6. The summed E-state index contributed by atoms with van der Waals surface area (Å²) in [5, 5.41) is 22.1. The van der Waals surface area contributed by atoms with Crippen LogP contribution in [0, 0.1) is 0 Å². The third-order valence-corrected chi connectivity index (χ3v) is 4.20. The minimum absolute atomic E-state index is 0.999. The van der Waals surface area contributed by atoms with Crippen molar-refractivity contribution in [2.75, 3.05) is 26.2 Å². The molecule has 0 spiro atoms. The van der Waals surface area contributed by atoms with Gasteiger partial charge in [0, 0.05) is 37.3 Å². The Kier molecular flexibility index (Phi) is 9.55. The van der Waals surface area contributed by atoms with Gasteiger partial charge in [0.25, 0.3) is 0 Å². The van der Waals surface area contributed by atoms with Crippen molar-refractivity contribution < 1.29 is 46.1 Å². The second-order valence-corrected chi connectivity index (χ2v) is 6.42. The number of halogens is 6. The maximum atomic E-state index is 10.6. The molecule has 1 saturated heterocycles. The number of likely N-dealkylation sites (tertiary alicyclic amines) is 1. The van der Waals surface area contributed by atoms with Gasteiger partial charge in [-0.2, -0.15) is 31.4 Å². The lowest BCUT2D eigenvalue weighted by Gasteiger charge is -2.18. The number of aliphatic carboxylic acids is 2. The lowest BCUT2D eigenvalue weighted by Crippen LogP contribution is -2.28. The van der Waals surface area contributed by atoms with Crippen molar-refractivity contribution in [3.05, 3.63) is 17.5 Å². The van der Waals surface area contributed by atoms with Crippen molar-refractivity contribution >= 4 is 11.9 Å². The summed E-state index contributed by atoms with van der Waals surface area (Å²) < 4.78 is 65.7. The molecule has 0 aliphatic carbocycles. The van der Waals surface area contributed by atoms with Crippen molar-refractivity contribution in [2.45, 2.75) is 44.7 Å². The lowest BCUT2D eigenvalue weighted by atomic mass is 10.1. The van der Waals surface area contributed by atoms with E-state index in [1.165, 1.54) is 43.7 Å². The van der Waals surface area contributed by atoms with Crippen molar-refractivity contribution in [3.8, 4) is 0 Å². The molecule has 0 bridgehead atoms. The fraction of sp³-hybridized carbons (Fsp3) is 0.688. The van der Waals surface area contributed by atoms with Crippen LogP contribution < -0.4 is 5.32 Å². The van der Waals surface area contributed by atoms with Gasteiger partial charge in [-0.3, -0.25) is 4.68 Å². The first-order valence-corrected chi connectivity index (χ1v) is 8.89. The predicted octanol–water partition coefficient (Wildman–Crippen LogP) is 1.89. The highest BCUT2D eigenvalue weighted by atomic mass is 19.4. The van der Waals surface area contributed by atoms with E-state index < -0.39 is 24.3 Å². The molecule has 1 fully saturated rings. The molecule has 30 heavy (non-hydrogen) atoms. The van der Waals surface area contributed by atoms with E-state index in [-0.39, 0.29) is 0 Å². The van der Waals surface area contributed by atoms with Gasteiger partial charge in [-0.15, -0.1) is 0 Å². The number of rotatable bonds is 3. The lowest BCUT2D eigenvalue weighted by molar-refractivity contribution is -0.193. The number of aromatic nitrogens is 2. The summed E-state index contributed by atoms with van der Waals surface area (Å²) in [6.07, 6.45) is -4.25. The topological polar surface area (TPSA) is 108 Å². The third kappa shape index (κ3) is 8.98. The van der Waals surface area contributed by atoms with Gasteiger partial charge >= 0.3 is 24.3 Å². The smallest absolute Gasteiger partial charge is 0.475 e. The van der Waals surface area contributed by atoms with Gasteiger partial charge in [-0.05, 0) is 25.9 Å². The van der Waals surface area contributed by atoms with Crippen molar-refractivity contribution in [3.63, 3.8) is 0 Å². The van der Waals surface area contributed by atoms with Crippen LogP contribution in [0.25, 0.3) is 0 Å². The highest BCUT2D eigenvalue weighted by molar-refractivity contribution is 5.73. The summed E-state index contributed by atoms with van der Waals surface area (Å²) >= 11 is 0.